The van der Waals surface area contributed by atoms with Crippen molar-refractivity contribution in [1.82, 2.24) is 9.97 Å². The average molecular weight is 707 g/mol. The molecular formula is C51H34N2O2. The summed E-state index contributed by atoms with van der Waals surface area (Å²) in [7, 11) is 0. The second-order valence-electron chi connectivity index (χ2n) is 15.0. The van der Waals surface area contributed by atoms with Crippen molar-refractivity contribution in [3.05, 3.63) is 181 Å². The molecule has 0 unspecified atom stereocenters. The minimum Gasteiger partial charge on any atom is -0.450 e. The van der Waals surface area contributed by atoms with Gasteiger partial charge in [-0.1, -0.05) is 141 Å². The van der Waals surface area contributed by atoms with Crippen molar-refractivity contribution in [3.8, 4) is 79.2 Å². The van der Waals surface area contributed by atoms with Crippen molar-refractivity contribution in [1.29, 1.82) is 0 Å². The van der Waals surface area contributed by atoms with Crippen LogP contribution in [-0.2, 0) is 5.41 Å². The number of fused-ring (bicyclic) bond motifs is 8. The van der Waals surface area contributed by atoms with Crippen LogP contribution in [0.1, 0.15) is 25.0 Å². The lowest BCUT2D eigenvalue weighted by Crippen LogP contribution is -2.15. The van der Waals surface area contributed by atoms with Crippen LogP contribution in [0.2, 0.25) is 0 Å². The topological polar surface area (TPSA) is 44.2 Å². The van der Waals surface area contributed by atoms with E-state index in [-0.39, 0.29) is 5.41 Å². The maximum absolute atomic E-state index is 6.60. The Morgan fingerprint density at radius 3 is 1.95 bits per heavy atom. The highest BCUT2D eigenvalue weighted by molar-refractivity contribution is 6.08. The van der Waals surface area contributed by atoms with Crippen molar-refractivity contribution in [2.75, 3.05) is 0 Å². The monoisotopic (exact) mass is 706 g/mol. The van der Waals surface area contributed by atoms with Gasteiger partial charge in [0, 0.05) is 22.1 Å². The lowest BCUT2D eigenvalue weighted by atomic mass is 9.82. The molecule has 8 aromatic carbocycles. The summed E-state index contributed by atoms with van der Waals surface area (Å²) >= 11 is 0. The van der Waals surface area contributed by atoms with Crippen molar-refractivity contribution >= 4 is 21.5 Å². The number of hydrogen-bond acceptors (Lipinski definition) is 4. The lowest BCUT2D eigenvalue weighted by molar-refractivity contribution is 0.359. The lowest BCUT2D eigenvalue weighted by Gasteiger charge is -2.25. The van der Waals surface area contributed by atoms with Crippen LogP contribution in [0, 0.1) is 0 Å². The third-order valence-corrected chi connectivity index (χ3v) is 11.3. The van der Waals surface area contributed by atoms with Crippen LogP contribution in [-0.4, -0.2) is 9.97 Å². The maximum Gasteiger partial charge on any atom is 0.170 e. The SMILES string of the molecule is CC1(C)c2ccccc2-c2cc3c(cc21)Oc1ccc(-c2cccc(-c4nc(-c5ccccc5)cc(-c5ccc6c(ccc7ccccc76)c5)n4)c2)cc1O3. The van der Waals surface area contributed by atoms with Crippen LogP contribution >= 0.6 is 0 Å². The number of benzene rings is 8. The molecule has 1 aliphatic heterocycles. The highest BCUT2D eigenvalue weighted by Crippen LogP contribution is 2.55. The molecule has 0 N–H and O–H groups in total. The highest BCUT2D eigenvalue weighted by atomic mass is 16.6. The van der Waals surface area contributed by atoms with E-state index in [0.29, 0.717) is 17.3 Å². The van der Waals surface area contributed by atoms with E-state index in [9.17, 15) is 0 Å². The number of rotatable bonds is 4. The third kappa shape index (κ3) is 5.14. The summed E-state index contributed by atoms with van der Waals surface area (Å²) in [5.41, 5.74) is 11.7. The zero-order chi connectivity index (χ0) is 36.7. The Balaban J connectivity index is 0.967. The Morgan fingerprint density at radius 2 is 1.04 bits per heavy atom. The highest BCUT2D eigenvalue weighted by Gasteiger charge is 2.37. The molecule has 0 spiro atoms. The first kappa shape index (κ1) is 31.5. The quantitative estimate of drug-likeness (QED) is 0.171. The van der Waals surface area contributed by atoms with E-state index in [0.717, 1.165) is 50.7 Å². The fraction of sp³-hybridized carbons (Fsp3) is 0.0588. The molecule has 0 atom stereocenters. The molecule has 260 valence electrons. The van der Waals surface area contributed by atoms with Gasteiger partial charge in [0.1, 0.15) is 0 Å². The standard InChI is InChI=1S/C51H34N2O2/c1-51(2)42-18-9-8-17-40(42)41-28-48-49(29-43(41)51)54-46-24-22-34(27-47(46)55-48)33-14-10-15-37(25-33)50-52-44(32-12-4-3-5-13-32)30-45(53-50)36-21-23-39-35(26-36)20-19-31-11-6-7-16-38(31)39/h3-30H,1-2H3. The number of ether oxygens (including phenoxy) is 2. The smallest absolute Gasteiger partial charge is 0.170 e. The maximum atomic E-state index is 6.60. The molecule has 0 bridgehead atoms. The first-order valence-corrected chi connectivity index (χ1v) is 18.7. The molecule has 4 heteroatoms. The van der Waals surface area contributed by atoms with E-state index in [1.807, 2.05) is 24.3 Å². The molecule has 0 saturated carbocycles. The molecule has 11 rings (SSSR count). The Morgan fingerprint density at radius 1 is 0.382 bits per heavy atom. The predicted molar refractivity (Wildman–Crippen MR) is 223 cm³/mol. The molecule has 9 aromatic rings. The minimum absolute atomic E-state index is 0.116. The van der Waals surface area contributed by atoms with Crippen molar-refractivity contribution in [2.24, 2.45) is 0 Å². The van der Waals surface area contributed by atoms with Crippen LogP contribution in [0.25, 0.3) is 77.7 Å². The molecule has 55 heavy (non-hydrogen) atoms. The van der Waals surface area contributed by atoms with E-state index >= 15 is 0 Å². The van der Waals surface area contributed by atoms with Gasteiger partial charge in [-0.25, -0.2) is 9.97 Å². The van der Waals surface area contributed by atoms with Gasteiger partial charge >= 0.3 is 0 Å². The molecule has 0 radical (unpaired) electrons. The zero-order valence-electron chi connectivity index (χ0n) is 30.4. The van der Waals surface area contributed by atoms with Gasteiger partial charge in [0.2, 0.25) is 0 Å². The number of hydrogen-bond donors (Lipinski definition) is 0. The second-order valence-corrected chi connectivity index (χ2v) is 15.0. The van der Waals surface area contributed by atoms with Crippen LogP contribution in [0.5, 0.6) is 23.0 Å². The first-order valence-electron chi connectivity index (χ1n) is 18.7. The van der Waals surface area contributed by atoms with E-state index < -0.39 is 0 Å². The molecule has 2 aliphatic rings. The Bertz CT molecular complexity index is 3020. The normalized spacial score (nSPS) is 13.3. The molecule has 1 aliphatic carbocycles. The van der Waals surface area contributed by atoms with Crippen LogP contribution in [0.3, 0.4) is 0 Å². The fourth-order valence-electron chi connectivity index (χ4n) is 8.45. The number of aromatic nitrogens is 2. The van der Waals surface area contributed by atoms with Crippen LogP contribution < -0.4 is 9.47 Å². The second kappa shape index (κ2) is 12.0. The summed E-state index contributed by atoms with van der Waals surface area (Å²) in [4.78, 5) is 10.3. The summed E-state index contributed by atoms with van der Waals surface area (Å²) in [5.74, 6) is 3.53. The van der Waals surface area contributed by atoms with E-state index in [2.05, 4.69) is 159 Å². The van der Waals surface area contributed by atoms with Crippen molar-refractivity contribution in [3.63, 3.8) is 0 Å². The van der Waals surface area contributed by atoms with Gasteiger partial charge in [0.05, 0.1) is 11.4 Å². The van der Waals surface area contributed by atoms with Gasteiger partial charge < -0.3 is 9.47 Å². The van der Waals surface area contributed by atoms with Gasteiger partial charge in [-0.15, -0.1) is 0 Å². The largest absolute Gasteiger partial charge is 0.450 e. The van der Waals surface area contributed by atoms with E-state index in [1.165, 1.54) is 43.8 Å². The van der Waals surface area contributed by atoms with Gasteiger partial charge in [0.15, 0.2) is 28.8 Å². The summed E-state index contributed by atoms with van der Waals surface area (Å²) in [6.45, 7) is 4.55. The van der Waals surface area contributed by atoms with Crippen LogP contribution in [0.4, 0.5) is 0 Å². The van der Waals surface area contributed by atoms with Crippen LogP contribution in [0.15, 0.2) is 170 Å². The van der Waals surface area contributed by atoms with Crippen molar-refractivity contribution < 1.29 is 9.47 Å². The van der Waals surface area contributed by atoms with Gasteiger partial charge in [-0.3, -0.25) is 0 Å². The molecule has 1 aromatic heterocycles. The Kier molecular flexibility index (Phi) is 6.86. The minimum atomic E-state index is -0.116. The summed E-state index contributed by atoms with van der Waals surface area (Å²) in [6.07, 6.45) is 0. The summed E-state index contributed by atoms with van der Waals surface area (Å²) < 4.78 is 13.1. The predicted octanol–water partition coefficient (Wildman–Crippen LogP) is 13.7. The zero-order valence-corrected chi connectivity index (χ0v) is 30.4. The fourth-order valence-corrected chi connectivity index (χ4v) is 8.45. The molecule has 0 saturated heterocycles. The first-order chi connectivity index (χ1) is 27.0. The van der Waals surface area contributed by atoms with Gasteiger partial charge in [-0.2, -0.15) is 0 Å². The molecule has 0 amide bonds. The number of nitrogens with zero attached hydrogens (tertiary/aromatic N) is 2. The van der Waals surface area contributed by atoms with Gasteiger partial charge in [0.25, 0.3) is 0 Å². The van der Waals surface area contributed by atoms with E-state index in [1.54, 1.807) is 0 Å². The molecule has 2 heterocycles. The Hall–Kier alpha value is -7.04. The molecule has 4 nitrogen and oxygen atoms in total. The third-order valence-electron chi connectivity index (χ3n) is 11.3. The summed E-state index contributed by atoms with van der Waals surface area (Å²) in [6, 6.07) is 59.5. The van der Waals surface area contributed by atoms with Gasteiger partial charge in [-0.05, 0) is 97.4 Å². The average Bonchev–Trinajstić information content (AvgIpc) is 3.46. The van der Waals surface area contributed by atoms with E-state index in [4.69, 9.17) is 19.4 Å². The summed E-state index contributed by atoms with van der Waals surface area (Å²) in [5, 5.41) is 4.89. The Labute approximate surface area is 319 Å². The molecular weight excluding hydrogens is 673 g/mol. The molecule has 0 fully saturated rings. The van der Waals surface area contributed by atoms with Crippen molar-refractivity contribution in [2.45, 2.75) is 19.3 Å².